The Balaban J connectivity index is 3.58. The van der Waals surface area contributed by atoms with Gasteiger partial charge in [0.25, 0.3) is 0 Å². The van der Waals surface area contributed by atoms with Crippen molar-refractivity contribution in [3.05, 3.63) is 10.3 Å². The van der Waals surface area contributed by atoms with Crippen LogP contribution in [0.1, 0.15) is 20.8 Å². The third-order valence-corrected chi connectivity index (χ3v) is 3.15. The fourth-order valence-electron chi connectivity index (χ4n) is 0.466. The summed E-state index contributed by atoms with van der Waals surface area (Å²) in [5.74, 6) is 0. The van der Waals surface area contributed by atoms with Crippen LogP contribution in [0.25, 0.3) is 0 Å². The standard InChI is InChI=1S/C7H14S2/c1-5-7(8-4)9-6(2)3/h5-6H,1-4H3. The molecule has 0 saturated heterocycles. The van der Waals surface area contributed by atoms with E-state index in [2.05, 4.69) is 33.1 Å². The van der Waals surface area contributed by atoms with Crippen molar-refractivity contribution in [2.45, 2.75) is 26.0 Å². The van der Waals surface area contributed by atoms with Gasteiger partial charge in [-0.25, -0.2) is 0 Å². The molecule has 0 aliphatic carbocycles. The molecule has 0 nitrogen and oxygen atoms in total. The third-order valence-electron chi connectivity index (χ3n) is 0.789. The summed E-state index contributed by atoms with van der Waals surface area (Å²) in [4.78, 5) is 0. The summed E-state index contributed by atoms with van der Waals surface area (Å²) in [5, 5.41) is 0.712. The van der Waals surface area contributed by atoms with Gasteiger partial charge in [-0.15, -0.1) is 23.5 Å². The fourth-order valence-corrected chi connectivity index (χ4v) is 2.26. The Morgan fingerprint density at radius 2 is 2.00 bits per heavy atom. The molecule has 0 aliphatic rings. The molecule has 0 amide bonds. The van der Waals surface area contributed by atoms with Gasteiger partial charge in [0.1, 0.15) is 0 Å². The van der Waals surface area contributed by atoms with Crippen molar-refractivity contribution in [1.82, 2.24) is 0 Å². The molecule has 2 heteroatoms. The van der Waals surface area contributed by atoms with E-state index < -0.39 is 0 Å². The van der Waals surface area contributed by atoms with Crippen LogP contribution in [0.4, 0.5) is 0 Å². The highest BCUT2D eigenvalue weighted by molar-refractivity contribution is 8.22. The molecule has 0 spiro atoms. The summed E-state index contributed by atoms with van der Waals surface area (Å²) in [5.41, 5.74) is 0. The first-order valence-electron chi connectivity index (χ1n) is 3.07. The van der Waals surface area contributed by atoms with Gasteiger partial charge in [0.2, 0.25) is 0 Å². The van der Waals surface area contributed by atoms with Gasteiger partial charge < -0.3 is 0 Å². The summed E-state index contributed by atoms with van der Waals surface area (Å²) in [6.07, 6.45) is 4.28. The maximum absolute atomic E-state index is 2.21. The second-order valence-corrected chi connectivity index (χ2v) is 4.70. The summed E-state index contributed by atoms with van der Waals surface area (Å²) in [6.45, 7) is 6.51. The molecule has 0 fully saturated rings. The zero-order valence-electron chi connectivity index (χ0n) is 6.47. The quantitative estimate of drug-likeness (QED) is 0.624. The average Bonchev–Trinajstić information content (AvgIpc) is 1.82. The minimum Gasteiger partial charge on any atom is -0.123 e. The first kappa shape index (κ1) is 9.44. The highest BCUT2D eigenvalue weighted by Gasteiger charge is 1.96. The van der Waals surface area contributed by atoms with Crippen LogP contribution in [0.15, 0.2) is 10.3 Å². The Hall–Kier alpha value is 0.440. The maximum Gasteiger partial charge on any atom is 0.0357 e. The van der Waals surface area contributed by atoms with Crippen LogP contribution >= 0.6 is 23.5 Å². The summed E-state index contributed by atoms with van der Waals surface area (Å²) in [7, 11) is 0. The van der Waals surface area contributed by atoms with Crippen LogP contribution in [0.5, 0.6) is 0 Å². The SMILES string of the molecule is CC=C(SC)SC(C)C. The average molecular weight is 162 g/mol. The second-order valence-electron chi connectivity index (χ2n) is 1.98. The number of rotatable bonds is 3. The van der Waals surface area contributed by atoms with Gasteiger partial charge in [-0.3, -0.25) is 0 Å². The fraction of sp³-hybridized carbons (Fsp3) is 0.714. The minimum atomic E-state index is 0.712. The Kier molecular flexibility index (Phi) is 5.50. The van der Waals surface area contributed by atoms with Crippen LogP contribution in [0.3, 0.4) is 0 Å². The molecular formula is C7H14S2. The van der Waals surface area contributed by atoms with Crippen molar-refractivity contribution in [3.8, 4) is 0 Å². The predicted molar refractivity (Wildman–Crippen MR) is 50.0 cm³/mol. The van der Waals surface area contributed by atoms with Crippen molar-refractivity contribution in [2.24, 2.45) is 0 Å². The number of thioether (sulfide) groups is 2. The molecule has 0 saturated carbocycles. The lowest BCUT2D eigenvalue weighted by Crippen LogP contribution is -1.84. The van der Waals surface area contributed by atoms with Crippen LogP contribution in [0, 0.1) is 0 Å². The van der Waals surface area contributed by atoms with Gasteiger partial charge in [-0.1, -0.05) is 19.9 Å². The second kappa shape index (κ2) is 5.24. The van der Waals surface area contributed by atoms with E-state index in [0.29, 0.717) is 5.25 Å². The van der Waals surface area contributed by atoms with Crippen molar-refractivity contribution in [1.29, 1.82) is 0 Å². The highest BCUT2D eigenvalue weighted by Crippen LogP contribution is 2.29. The number of allylic oxidation sites excluding steroid dienone is 1. The topological polar surface area (TPSA) is 0 Å². The molecule has 0 aliphatic heterocycles. The Bertz CT molecular complexity index is 95.1. The van der Waals surface area contributed by atoms with Crippen LogP contribution in [-0.4, -0.2) is 11.5 Å². The van der Waals surface area contributed by atoms with E-state index in [1.54, 1.807) is 0 Å². The number of hydrogen-bond donors (Lipinski definition) is 0. The van der Waals surface area contributed by atoms with Crippen LogP contribution < -0.4 is 0 Å². The van der Waals surface area contributed by atoms with E-state index in [1.807, 2.05) is 23.5 Å². The lowest BCUT2D eigenvalue weighted by atomic mass is 10.6. The monoisotopic (exact) mass is 162 g/mol. The van der Waals surface area contributed by atoms with Crippen LogP contribution in [0.2, 0.25) is 0 Å². The minimum absolute atomic E-state index is 0.712. The molecule has 0 bridgehead atoms. The molecule has 0 unspecified atom stereocenters. The third kappa shape index (κ3) is 4.91. The van der Waals surface area contributed by atoms with Crippen molar-refractivity contribution in [3.63, 3.8) is 0 Å². The van der Waals surface area contributed by atoms with E-state index >= 15 is 0 Å². The largest absolute Gasteiger partial charge is 0.123 e. The molecule has 0 radical (unpaired) electrons. The van der Waals surface area contributed by atoms with Gasteiger partial charge in [0.05, 0.1) is 0 Å². The van der Waals surface area contributed by atoms with Crippen LogP contribution in [-0.2, 0) is 0 Å². The van der Waals surface area contributed by atoms with E-state index in [1.165, 1.54) is 4.24 Å². The number of hydrogen-bond acceptors (Lipinski definition) is 2. The summed E-state index contributed by atoms with van der Waals surface area (Å²) in [6, 6.07) is 0. The normalized spacial score (nSPS) is 12.8. The molecule has 0 heterocycles. The van der Waals surface area contributed by atoms with E-state index in [0.717, 1.165) is 0 Å². The lowest BCUT2D eigenvalue weighted by Gasteiger charge is -2.04. The Morgan fingerprint density at radius 3 is 2.11 bits per heavy atom. The molecule has 0 aromatic rings. The maximum atomic E-state index is 2.21. The molecule has 0 N–H and O–H groups in total. The zero-order chi connectivity index (χ0) is 7.28. The van der Waals surface area contributed by atoms with E-state index in [4.69, 9.17) is 0 Å². The smallest absolute Gasteiger partial charge is 0.0357 e. The Morgan fingerprint density at radius 1 is 1.44 bits per heavy atom. The first-order chi connectivity index (χ1) is 4.20. The van der Waals surface area contributed by atoms with Crippen molar-refractivity contribution in [2.75, 3.05) is 6.26 Å². The van der Waals surface area contributed by atoms with E-state index in [-0.39, 0.29) is 0 Å². The molecule has 9 heavy (non-hydrogen) atoms. The molecule has 0 rings (SSSR count). The van der Waals surface area contributed by atoms with Gasteiger partial charge in [-0.05, 0) is 13.2 Å². The van der Waals surface area contributed by atoms with E-state index in [9.17, 15) is 0 Å². The summed E-state index contributed by atoms with van der Waals surface area (Å²) >= 11 is 3.75. The van der Waals surface area contributed by atoms with Gasteiger partial charge >= 0.3 is 0 Å². The first-order valence-corrected chi connectivity index (χ1v) is 5.18. The van der Waals surface area contributed by atoms with Crippen molar-refractivity contribution < 1.29 is 0 Å². The predicted octanol–water partition coefficient (Wildman–Crippen LogP) is 3.35. The molecule has 54 valence electrons. The lowest BCUT2D eigenvalue weighted by molar-refractivity contribution is 1.12. The van der Waals surface area contributed by atoms with Gasteiger partial charge in [0.15, 0.2) is 0 Å². The molecule has 0 atom stereocenters. The zero-order valence-corrected chi connectivity index (χ0v) is 8.10. The molecule has 0 aromatic heterocycles. The van der Waals surface area contributed by atoms with Gasteiger partial charge in [-0.2, -0.15) is 0 Å². The molecular weight excluding hydrogens is 148 g/mol. The summed E-state index contributed by atoms with van der Waals surface area (Å²) < 4.78 is 1.42. The van der Waals surface area contributed by atoms with Crippen molar-refractivity contribution >= 4 is 23.5 Å². The molecule has 0 aromatic carbocycles. The Labute approximate surface area is 66.5 Å². The highest BCUT2D eigenvalue weighted by atomic mass is 32.2. The van der Waals surface area contributed by atoms with Gasteiger partial charge in [0, 0.05) is 9.49 Å².